The van der Waals surface area contributed by atoms with Crippen LogP contribution in [0.3, 0.4) is 0 Å². The van der Waals surface area contributed by atoms with Crippen LogP contribution in [0.2, 0.25) is 0 Å². The van der Waals surface area contributed by atoms with Crippen molar-refractivity contribution in [3.63, 3.8) is 0 Å². The molecule has 0 bridgehead atoms. The highest BCUT2D eigenvalue weighted by atomic mass is 16.5. The van der Waals surface area contributed by atoms with Gasteiger partial charge >= 0.3 is 0 Å². The third-order valence-corrected chi connectivity index (χ3v) is 3.00. The molecule has 1 aliphatic carbocycles. The smallest absolute Gasteiger partial charge is 0.123 e. The molecule has 0 amide bonds. The molecule has 0 saturated heterocycles. The highest BCUT2D eigenvalue weighted by Crippen LogP contribution is 2.43. The number of benzene rings is 1. The van der Waals surface area contributed by atoms with E-state index in [2.05, 4.69) is 30.5 Å². The van der Waals surface area contributed by atoms with Crippen molar-refractivity contribution in [3.05, 3.63) is 29.3 Å². The topological polar surface area (TPSA) is 47.3 Å². The fraction of sp³-hybridized carbons (Fsp3) is 0.500. The Labute approximate surface area is 90.6 Å². The van der Waals surface area contributed by atoms with Gasteiger partial charge in [-0.05, 0) is 37.3 Å². The Bertz CT molecular complexity index is 347. The predicted molar refractivity (Wildman–Crippen MR) is 60.5 cm³/mol. The van der Waals surface area contributed by atoms with Gasteiger partial charge in [-0.3, -0.25) is 11.3 Å². The Hall–Kier alpha value is -1.06. The zero-order chi connectivity index (χ0) is 10.8. The van der Waals surface area contributed by atoms with Gasteiger partial charge in [-0.25, -0.2) is 0 Å². The molecule has 0 spiro atoms. The van der Waals surface area contributed by atoms with Crippen LogP contribution in [0, 0.1) is 12.8 Å². The van der Waals surface area contributed by atoms with E-state index in [1.165, 1.54) is 24.0 Å². The summed E-state index contributed by atoms with van der Waals surface area (Å²) >= 11 is 0. The molecule has 3 heteroatoms. The van der Waals surface area contributed by atoms with Gasteiger partial charge in [-0.1, -0.05) is 12.1 Å². The van der Waals surface area contributed by atoms with E-state index in [1.54, 1.807) is 7.11 Å². The summed E-state index contributed by atoms with van der Waals surface area (Å²) in [6.07, 6.45) is 2.51. The Morgan fingerprint density at radius 1 is 1.47 bits per heavy atom. The second kappa shape index (κ2) is 4.21. The number of rotatable bonds is 4. The zero-order valence-electron chi connectivity index (χ0n) is 9.29. The summed E-state index contributed by atoms with van der Waals surface area (Å²) in [5, 5.41) is 0. The summed E-state index contributed by atoms with van der Waals surface area (Å²) < 4.78 is 5.39. The van der Waals surface area contributed by atoms with Crippen molar-refractivity contribution in [2.45, 2.75) is 25.8 Å². The van der Waals surface area contributed by atoms with E-state index in [1.807, 2.05) is 0 Å². The molecule has 0 aliphatic heterocycles. The lowest BCUT2D eigenvalue weighted by atomic mass is 10.0. The van der Waals surface area contributed by atoms with Crippen molar-refractivity contribution in [1.29, 1.82) is 0 Å². The van der Waals surface area contributed by atoms with Gasteiger partial charge < -0.3 is 4.74 Å². The lowest BCUT2D eigenvalue weighted by Gasteiger charge is -2.18. The quantitative estimate of drug-likeness (QED) is 0.584. The molecule has 1 atom stereocenters. The van der Waals surface area contributed by atoms with Crippen LogP contribution in [0.1, 0.15) is 30.0 Å². The van der Waals surface area contributed by atoms with Crippen LogP contribution in [0.4, 0.5) is 0 Å². The molecule has 0 heterocycles. The highest BCUT2D eigenvalue weighted by molar-refractivity contribution is 5.40. The second-order valence-corrected chi connectivity index (χ2v) is 4.23. The number of nitrogens with two attached hydrogens (primary N) is 1. The minimum atomic E-state index is 0.237. The van der Waals surface area contributed by atoms with Gasteiger partial charge in [-0.15, -0.1) is 0 Å². The predicted octanol–water partition coefficient (Wildman–Crippen LogP) is 1.92. The van der Waals surface area contributed by atoms with Crippen molar-refractivity contribution in [1.82, 2.24) is 5.43 Å². The first kappa shape index (κ1) is 10.5. The molecular formula is C12H18N2O. The van der Waals surface area contributed by atoms with Crippen LogP contribution in [-0.4, -0.2) is 7.11 Å². The fourth-order valence-electron chi connectivity index (χ4n) is 1.98. The highest BCUT2D eigenvalue weighted by Gasteiger charge is 2.33. The Balaban J connectivity index is 2.32. The van der Waals surface area contributed by atoms with Crippen LogP contribution in [-0.2, 0) is 0 Å². The molecule has 15 heavy (non-hydrogen) atoms. The van der Waals surface area contributed by atoms with Gasteiger partial charge in [0.15, 0.2) is 0 Å². The number of ether oxygens (including phenoxy) is 1. The van der Waals surface area contributed by atoms with Crippen molar-refractivity contribution in [2.75, 3.05) is 7.11 Å². The third-order valence-electron chi connectivity index (χ3n) is 3.00. The molecule has 0 aromatic heterocycles. The van der Waals surface area contributed by atoms with E-state index < -0.39 is 0 Å². The first-order chi connectivity index (χ1) is 7.26. The molecule has 1 fully saturated rings. The van der Waals surface area contributed by atoms with Crippen LogP contribution >= 0.6 is 0 Å². The van der Waals surface area contributed by atoms with E-state index >= 15 is 0 Å². The molecule has 3 nitrogen and oxygen atoms in total. The number of nitrogens with one attached hydrogen (secondary N) is 1. The average molecular weight is 206 g/mol. The largest absolute Gasteiger partial charge is 0.496 e. The zero-order valence-corrected chi connectivity index (χ0v) is 9.29. The fourth-order valence-corrected chi connectivity index (χ4v) is 1.98. The normalized spacial score (nSPS) is 17.5. The molecule has 1 unspecified atom stereocenters. The van der Waals surface area contributed by atoms with Crippen molar-refractivity contribution in [3.8, 4) is 5.75 Å². The summed E-state index contributed by atoms with van der Waals surface area (Å²) in [5.41, 5.74) is 5.28. The molecule has 3 N–H and O–H groups in total. The second-order valence-electron chi connectivity index (χ2n) is 4.23. The third kappa shape index (κ3) is 2.13. The number of hydrogen-bond acceptors (Lipinski definition) is 3. The number of hydrazine groups is 1. The lowest BCUT2D eigenvalue weighted by molar-refractivity contribution is 0.392. The Kier molecular flexibility index (Phi) is 2.93. The van der Waals surface area contributed by atoms with E-state index in [-0.39, 0.29) is 6.04 Å². The van der Waals surface area contributed by atoms with Gasteiger partial charge in [0.1, 0.15) is 5.75 Å². The van der Waals surface area contributed by atoms with Crippen LogP contribution in [0.25, 0.3) is 0 Å². The van der Waals surface area contributed by atoms with Gasteiger partial charge in [0.25, 0.3) is 0 Å². The number of hydrogen-bond donors (Lipinski definition) is 2. The molecule has 1 aromatic carbocycles. The first-order valence-corrected chi connectivity index (χ1v) is 5.37. The van der Waals surface area contributed by atoms with Crippen LogP contribution in [0.15, 0.2) is 18.2 Å². The maximum absolute atomic E-state index is 5.60. The van der Waals surface area contributed by atoms with E-state index in [9.17, 15) is 0 Å². The SMILES string of the molecule is COc1cc(C)ccc1C(NN)C1CC1. The minimum Gasteiger partial charge on any atom is -0.496 e. The monoisotopic (exact) mass is 206 g/mol. The van der Waals surface area contributed by atoms with Gasteiger partial charge in [0, 0.05) is 5.56 Å². The Morgan fingerprint density at radius 3 is 2.73 bits per heavy atom. The maximum Gasteiger partial charge on any atom is 0.123 e. The standard InChI is InChI=1S/C12H18N2O/c1-8-3-6-10(11(7-8)15-2)12(14-13)9-4-5-9/h3,6-7,9,12,14H,4-5,13H2,1-2H3. The summed E-state index contributed by atoms with van der Waals surface area (Å²) in [4.78, 5) is 0. The van der Waals surface area contributed by atoms with E-state index in [4.69, 9.17) is 10.6 Å². The molecule has 1 saturated carbocycles. The summed E-state index contributed by atoms with van der Waals surface area (Å²) in [6, 6.07) is 6.50. The molecule has 1 aliphatic rings. The molecule has 82 valence electrons. The van der Waals surface area contributed by atoms with E-state index in [0.29, 0.717) is 5.92 Å². The molecule has 2 rings (SSSR count). The van der Waals surface area contributed by atoms with Gasteiger partial charge in [0.05, 0.1) is 13.2 Å². The van der Waals surface area contributed by atoms with Crippen molar-refractivity contribution >= 4 is 0 Å². The van der Waals surface area contributed by atoms with Crippen molar-refractivity contribution in [2.24, 2.45) is 11.8 Å². The maximum atomic E-state index is 5.60. The van der Waals surface area contributed by atoms with Gasteiger partial charge in [-0.2, -0.15) is 0 Å². The van der Waals surface area contributed by atoms with Crippen LogP contribution in [0.5, 0.6) is 5.75 Å². The lowest BCUT2D eigenvalue weighted by Crippen LogP contribution is -2.29. The number of methoxy groups -OCH3 is 1. The van der Waals surface area contributed by atoms with E-state index in [0.717, 1.165) is 5.75 Å². The first-order valence-electron chi connectivity index (χ1n) is 5.37. The van der Waals surface area contributed by atoms with Crippen molar-refractivity contribution < 1.29 is 4.74 Å². The van der Waals surface area contributed by atoms with Crippen LogP contribution < -0.4 is 16.0 Å². The Morgan fingerprint density at radius 2 is 2.20 bits per heavy atom. The molecular weight excluding hydrogens is 188 g/mol. The molecule has 1 aromatic rings. The summed E-state index contributed by atoms with van der Waals surface area (Å²) in [7, 11) is 1.71. The molecule has 0 radical (unpaired) electrons. The summed E-state index contributed by atoms with van der Waals surface area (Å²) in [6.45, 7) is 2.06. The van der Waals surface area contributed by atoms with Gasteiger partial charge in [0.2, 0.25) is 0 Å². The summed E-state index contributed by atoms with van der Waals surface area (Å²) in [5.74, 6) is 7.21. The number of aryl methyl sites for hydroxylation is 1. The average Bonchev–Trinajstić information content (AvgIpc) is 3.05. The minimum absolute atomic E-state index is 0.237.